The first-order chi connectivity index (χ1) is 6.65. The lowest BCUT2D eigenvalue weighted by atomic mass is 10.3. The Hall–Kier alpha value is -1.26. The molecule has 0 aromatic heterocycles. The van der Waals surface area contributed by atoms with Gasteiger partial charge < -0.3 is 15.0 Å². The van der Waals surface area contributed by atoms with E-state index >= 15 is 0 Å². The summed E-state index contributed by atoms with van der Waals surface area (Å²) in [6, 6.07) is 0. The van der Waals surface area contributed by atoms with Crippen LogP contribution in [0, 0.1) is 0 Å². The van der Waals surface area contributed by atoms with E-state index in [0.29, 0.717) is 13.2 Å². The first-order valence-corrected chi connectivity index (χ1v) is 4.85. The number of carbonyl (C=O) groups is 2. The third-order valence-electron chi connectivity index (χ3n) is 2.22. The molecule has 0 aliphatic carbocycles. The number of nitrogens with one attached hydrogen (secondary N) is 1. The SMILES string of the molecule is CCOC(=O)NC1CCCN1C(C)=O. The van der Waals surface area contributed by atoms with Gasteiger partial charge in [-0.25, -0.2) is 4.79 Å². The highest BCUT2D eigenvalue weighted by Gasteiger charge is 2.27. The van der Waals surface area contributed by atoms with E-state index in [2.05, 4.69) is 5.32 Å². The van der Waals surface area contributed by atoms with Gasteiger partial charge in [0.1, 0.15) is 6.17 Å². The van der Waals surface area contributed by atoms with E-state index < -0.39 is 6.09 Å². The largest absolute Gasteiger partial charge is 0.450 e. The third-order valence-corrected chi connectivity index (χ3v) is 2.22. The zero-order valence-electron chi connectivity index (χ0n) is 8.58. The summed E-state index contributed by atoms with van der Waals surface area (Å²) in [4.78, 5) is 23.9. The van der Waals surface area contributed by atoms with Crippen molar-refractivity contribution < 1.29 is 14.3 Å². The highest BCUT2D eigenvalue weighted by molar-refractivity contribution is 5.75. The number of rotatable bonds is 2. The summed E-state index contributed by atoms with van der Waals surface area (Å²) >= 11 is 0. The summed E-state index contributed by atoms with van der Waals surface area (Å²) in [6.07, 6.45) is 1.09. The van der Waals surface area contributed by atoms with Crippen LogP contribution in [0.5, 0.6) is 0 Å². The van der Waals surface area contributed by atoms with E-state index in [1.54, 1.807) is 11.8 Å². The van der Waals surface area contributed by atoms with Gasteiger partial charge in [-0.05, 0) is 19.8 Å². The molecule has 0 aromatic rings. The van der Waals surface area contributed by atoms with Crippen molar-refractivity contribution in [2.45, 2.75) is 32.9 Å². The second-order valence-corrected chi connectivity index (χ2v) is 3.24. The van der Waals surface area contributed by atoms with Gasteiger partial charge in [-0.15, -0.1) is 0 Å². The monoisotopic (exact) mass is 200 g/mol. The fraction of sp³-hybridized carbons (Fsp3) is 0.778. The average Bonchev–Trinajstić information content (AvgIpc) is 2.52. The predicted molar refractivity (Wildman–Crippen MR) is 50.6 cm³/mol. The number of alkyl carbamates (subject to hydrolysis) is 1. The van der Waals surface area contributed by atoms with Crippen LogP contribution in [0.1, 0.15) is 26.7 Å². The summed E-state index contributed by atoms with van der Waals surface area (Å²) in [6.45, 7) is 4.31. The molecule has 1 rings (SSSR count). The molecule has 1 aliphatic heterocycles. The summed E-state index contributed by atoms with van der Waals surface area (Å²) in [5.41, 5.74) is 0. The molecule has 1 saturated heterocycles. The minimum atomic E-state index is -0.453. The maximum absolute atomic E-state index is 11.1. The molecule has 1 unspecified atom stereocenters. The van der Waals surface area contributed by atoms with Gasteiger partial charge in [0.05, 0.1) is 6.61 Å². The van der Waals surface area contributed by atoms with Crippen molar-refractivity contribution in [3.8, 4) is 0 Å². The topological polar surface area (TPSA) is 58.6 Å². The first-order valence-electron chi connectivity index (χ1n) is 4.85. The second-order valence-electron chi connectivity index (χ2n) is 3.24. The molecule has 1 N–H and O–H groups in total. The standard InChI is InChI=1S/C9H16N2O3/c1-3-14-9(13)10-8-5-4-6-11(8)7(2)12/h8H,3-6H2,1-2H3,(H,10,13). The Morgan fingerprint density at radius 2 is 2.29 bits per heavy atom. The second kappa shape index (κ2) is 4.83. The lowest BCUT2D eigenvalue weighted by Gasteiger charge is -2.23. The summed E-state index contributed by atoms with van der Waals surface area (Å²) in [7, 11) is 0. The van der Waals surface area contributed by atoms with Gasteiger partial charge in [-0.2, -0.15) is 0 Å². The van der Waals surface area contributed by atoms with Gasteiger partial charge >= 0.3 is 6.09 Å². The van der Waals surface area contributed by atoms with E-state index in [1.165, 1.54) is 6.92 Å². The number of amides is 2. The van der Waals surface area contributed by atoms with E-state index in [0.717, 1.165) is 12.8 Å². The minimum absolute atomic E-state index is 0.00991. The van der Waals surface area contributed by atoms with Crippen LogP contribution in [0.25, 0.3) is 0 Å². The predicted octanol–water partition coefficient (Wildman–Crippen LogP) is 0.701. The Bertz CT molecular complexity index is 230. The Morgan fingerprint density at radius 1 is 1.57 bits per heavy atom. The van der Waals surface area contributed by atoms with Crippen LogP contribution in [-0.4, -0.2) is 36.2 Å². The number of carbonyl (C=O) groups excluding carboxylic acids is 2. The summed E-state index contributed by atoms with van der Waals surface area (Å²) in [5, 5.41) is 2.66. The molecule has 1 fully saturated rings. The van der Waals surface area contributed by atoms with Gasteiger partial charge in [0.2, 0.25) is 5.91 Å². The molecule has 5 heteroatoms. The first kappa shape index (κ1) is 10.8. The van der Waals surface area contributed by atoms with E-state index in [4.69, 9.17) is 4.74 Å². The maximum Gasteiger partial charge on any atom is 0.408 e. The van der Waals surface area contributed by atoms with Gasteiger partial charge in [-0.1, -0.05) is 0 Å². The maximum atomic E-state index is 11.1. The molecule has 1 heterocycles. The average molecular weight is 200 g/mol. The molecule has 1 atom stereocenters. The molecule has 80 valence electrons. The molecule has 0 spiro atoms. The quantitative estimate of drug-likeness (QED) is 0.713. The summed E-state index contributed by atoms with van der Waals surface area (Å²) < 4.78 is 4.74. The van der Waals surface area contributed by atoms with Crippen LogP contribution >= 0.6 is 0 Å². The zero-order valence-corrected chi connectivity index (χ0v) is 8.58. The lowest BCUT2D eigenvalue weighted by molar-refractivity contribution is -0.129. The van der Waals surface area contributed by atoms with Crippen molar-refractivity contribution in [2.75, 3.05) is 13.2 Å². The van der Waals surface area contributed by atoms with Crippen molar-refractivity contribution in [1.82, 2.24) is 10.2 Å². The Labute approximate surface area is 83.4 Å². The van der Waals surface area contributed by atoms with Gasteiger partial charge in [0.25, 0.3) is 0 Å². The lowest BCUT2D eigenvalue weighted by Crippen LogP contribution is -2.46. The van der Waals surface area contributed by atoms with Crippen molar-refractivity contribution in [3.63, 3.8) is 0 Å². The molecule has 0 aromatic carbocycles. The van der Waals surface area contributed by atoms with Crippen LogP contribution in [0.3, 0.4) is 0 Å². The van der Waals surface area contributed by atoms with Crippen molar-refractivity contribution in [1.29, 1.82) is 0 Å². The third kappa shape index (κ3) is 2.61. The highest BCUT2D eigenvalue weighted by Crippen LogP contribution is 2.14. The normalized spacial score (nSPS) is 20.7. The molecular formula is C9H16N2O3. The fourth-order valence-corrected chi connectivity index (χ4v) is 1.60. The Balaban J connectivity index is 2.43. The van der Waals surface area contributed by atoms with Gasteiger partial charge in [0, 0.05) is 13.5 Å². The smallest absolute Gasteiger partial charge is 0.408 e. The minimum Gasteiger partial charge on any atom is -0.450 e. The van der Waals surface area contributed by atoms with Crippen LogP contribution < -0.4 is 5.32 Å². The molecule has 0 bridgehead atoms. The van der Waals surface area contributed by atoms with E-state index in [1.807, 2.05) is 0 Å². The Morgan fingerprint density at radius 3 is 2.86 bits per heavy atom. The molecule has 0 radical (unpaired) electrons. The van der Waals surface area contributed by atoms with Gasteiger partial charge in [0.15, 0.2) is 0 Å². The zero-order chi connectivity index (χ0) is 10.6. The van der Waals surface area contributed by atoms with Crippen molar-refractivity contribution in [2.24, 2.45) is 0 Å². The molecule has 5 nitrogen and oxygen atoms in total. The number of nitrogens with zero attached hydrogens (tertiary/aromatic N) is 1. The highest BCUT2D eigenvalue weighted by atomic mass is 16.5. The number of ether oxygens (including phenoxy) is 1. The van der Waals surface area contributed by atoms with Crippen LogP contribution in [0.2, 0.25) is 0 Å². The molecule has 14 heavy (non-hydrogen) atoms. The molecular weight excluding hydrogens is 184 g/mol. The fourth-order valence-electron chi connectivity index (χ4n) is 1.60. The van der Waals surface area contributed by atoms with Crippen LogP contribution in [-0.2, 0) is 9.53 Å². The number of likely N-dealkylation sites (tertiary alicyclic amines) is 1. The Kier molecular flexibility index (Phi) is 3.73. The van der Waals surface area contributed by atoms with Crippen molar-refractivity contribution in [3.05, 3.63) is 0 Å². The van der Waals surface area contributed by atoms with Crippen LogP contribution in [0.15, 0.2) is 0 Å². The number of hydrogen-bond acceptors (Lipinski definition) is 3. The van der Waals surface area contributed by atoms with E-state index in [-0.39, 0.29) is 12.1 Å². The molecule has 0 saturated carbocycles. The number of hydrogen-bond donors (Lipinski definition) is 1. The molecule has 2 amide bonds. The van der Waals surface area contributed by atoms with Gasteiger partial charge in [-0.3, -0.25) is 4.79 Å². The molecule has 1 aliphatic rings. The van der Waals surface area contributed by atoms with Crippen LogP contribution in [0.4, 0.5) is 4.79 Å². The van der Waals surface area contributed by atoms with Crippen molar-refractivity contribution >= 4 is 12.0 Å². The van der Waals surface area contributed by atoms with E-state index in [9.17, 15) is 9.59 Å². The summed E-state index contributed by atoms with van der Waals surface area (Å²) in [5.74, 6) is -0.00991.